The SMILES string of the molecule is CC(=O)Nc1ccccc1-c1ccc(CN(Sc2c(F)c(F)c(F)c(F)c2F)C2CC2)cc1. The van der Waals surface area contributed by atoms with E-state index in [0.29, 0.717) is 17.6 Å². The molecule has 172 valence electrons. The minimum atomic E-state index is -2.16. The number of carbonyl (C=O) groups excluding carboxylic acids is 1. The van der Waals surface area contributed by atoms with E-state index in [1.54, 1.807) is 10.4 Å². The zero-order chi connectivity index (χ0) is 23.7. The maximum atomic E-state index is 14.2. The van der Waals surface area contributed by atoms with Crippen LogP contribution in [0.4, 0.5) is 27.6 Å². The summed E-state index contributed by atoms with van der Waals surface area (Å²) in [4.78, 5) is 10.6. The van der Waals surface area contributed by atoms with Crippen LogP contribution in [0.25, 0.3) is 11.1 Å². The number of amides is 1. The number of anilines is 1. The average molecular weight is 478 g/mol. The Morgan fingerprint density at radius 2 is 1.48 bits per heavy atom. The first-order valence-electron chi connectivity index (χ1n) is 10.2. The molecule has 9 heteroatoms. The molecule has 1 fully saturated rings. The number of benzene rings is 3. The molecule has 3 aromatic rings. The molecule has 0 unspecified atom stereocenters. The van der Waals surface area contributed by atoms with Crippen molar-refractivity contribution in [2.24, 2.45) is 0 Å². The topological polar surface area (TPSA) is 32.3 Å². The highest BCUT2D eigenvalue weighted by Gasteiger charge is 2.34. The van der Waals surface area contributed by atoms with E-state index in [2.05, 4.69) is 5.32 Å². The minimum absolute atomic E-state index is 0.0230. The van der Waals surface area contributed by atoms with Crippen LogP contribution >= 0.6 is 11.9 Å². The lowest BCUT2D eigenvalue weighted by Crippen LogP contribution is -2.19. The fourth-order valence-electron chi connectivity index (χ4n) is 3.38. The molecule has 0 heterocycles. The van der Waals surface area contributed by atoms with Crippen molar-refractivity contribution in [3.8, 4) is 11.1 Å². The minimum Gasteiger partial charge on any atom is -0.326 e. The lowest BCUT2D eigenvalue weighted by atomic mass is 10.0. The van der Waals surface area contributed by atoms with Crippen molar-refractivity contribution in [1.29, 1.82) is 0 Å². The van der Waals surface area contributed by atoms with E-state index in [0.717, 1.165) is 29.5 Å². The summed E-state index contributed by atoms with van der Waals surface area (Å²) in [5, 5.41) is 2.78. The van der Waals surface area contributed by atoms with Crippen molar-refractivity contribution in [3.05, 3.63) is 83.2 Å². The van der Waals surface area contributed by atoms with Crippen LogP contribution in [-0.4, -0.2) is 16.3 Å². The lowest BCUT2D eigenvalue weighted by Gasteiger charge is -2.22. The van der Waals surface area contributed by atoms with Gasteiger partial charge in [-0.1, -0.05) is 42.5 Å². The highest BCUT2D eigenvalue weighted by atomic mass is 32.2. The Kier molecular flexibility index (Phi) is 6.71. The zero-order valence-corrected chi connectivity index (χ0v) is 18.3. The van der Waals surface area contributed by atoms with Crippen LogP contribution in [0.5, 0.6) is 0 Å². The normalized spacial score (nSPS) is 13.4. The van der Waals surface area contributed by atoms with Gasteiger partial charge in [-0.15, -0.1) is 0 Å². The molecule has 0 saturated heterocycles. The molecule has 1 N–H and O–H groups in total. The number of hydrogen-bond acceptors (Lipinski definition) is 3. The van der Waals surface area contributed by atoms with E-state index in [1.165, 1.54) is 6.92 Å². The maximum absolute atomic E-state index is 14.2. The van der Waals surface area contributed by atoms with Gasteiger partial charge in [-0.3, -0.25) is 4.79 Å². The molecule has 0 bridgehead atoms. The lowest BCUT2D eigenvalue weighted by molar-refractivity contribution is -0.114. The van der Waals surface area contributed by atoms with E-state index in [-0.39, 0.29) is 18.5 Å². The van der Waals surface area contributed by atoms with Gasteiger partial charge in [-0.05, 0) is 42.0 Å². The second-order valence-electron chi connectivity index (χ2n) is 7.72. The third-order valence-corrected chi connectivity index (χ3v) is 6.38. The number of nitrogens with one attached hydrogen (secondary N) is 1. The molecule has 0 spiro atoms. The first-order chi connectivity index (χ1) is 15.8. The second-order valence-corrected chi connectivity index (χ2v) is 8.78. The number of rotatable bonds is 7. The van der Waals surface area contributed by atoms with Crippen molar-refractivity contribution in [2.75, 3.05) is 5.32 Å². The van der Waals surface area contributed by atoms with Gasteiger partial charge in [0.05, 0.1) is 0 Å². The molecular formula is C24H19F5N2OS. The van der Waals surface area contributed by atoms with Gasteiger partial charge in [0.15, 0.2) is 23.3 Å². The molecule has 33 heavy (non-hydrogen) atoms. The van der Waals surface area contributed by atoms with Crippen LogP contribution in [-0.2, 0) is 11.3 Å². The first kappa shape index (κ1) is 23.3. The van der Waals surface area contributed by atoms with E-state index < -0.39 is 34.0 Å². The number of carbonyl (C=O) groups is 1. The maximum Gasteiger partial charge on any atom is 0.221 e. The van der Waals surface area contributed by atoms with Crippen molar-refractivity contribution >= 4 is 23.5 Å². The summed E-state index contributed by atoms with van der Waals surface area (Å²) in [5.74, 6) is -9.91. The van der Waals surface area contributed by atoms with E-state index in [1.807, 2.05) is 42.5 Å². The highest BCUT2D eigenvalue weighted by molar-refractivity contribution is 7.97. The molecule has 0 aliphatic heterocycles. The Morgan fingerprint density at radius 3 is 2.06 bits per heavy atom. The van der Waals surface area contributed by atoms with E-state index in [9.17, 15) is 26.7 Å². The zero-order valence-electron chi connectivity index (χ0n) is 17.5. The fourth-order valence-corrected chi connectivity index (χ4v) is 4.53. The van der Waals surface area contributed by atoms with Crippen LogP contribution in [0, 0.1) is 29.1 Å². The van der Waals surface area contributed by atoms with Gasteiger partial charge in [-0.25, -0.2) is 26.3 Å². The van der Waals surface area contributed by atoms with Gasteiger partial charge in [-0.2, -0.15) is 0 Å². The summed E-state index contributed by atoms with van der Waals surface area (Å²) in [5.41, 5.74) is 3.15. The highest BCUT2D eigenvalue weighted by Crippen LogP contribution is 2.40. The van der Waals surface area contributed by atoms with Crippen LogP contribution < -0.4 is 5.32 Å². The van der Waals surface area contributed by atoms with Crippen LogP contribution in [0.2, 0.25) is 0 Å². The average Bonchev–Trinajstić information content (AvgIpc) is 3.64. The van der Waals surface area contributed by atoms with Gasteiger partial charge in [0, 0.05) is 30.8 Å². The quantitative estimate of drug-likeness (QED) is 0.178. The van der Waals surface area contributed by atoms with Crippen molar-refractivity contribution < 1.29 is 26.7 Å². The molecular weight excluding hydrogens is 459 g/mol. The van der Waals surface area contributed by atoms with Gasteiger partial charge in [0.1, 0.15) is 4.90 Å². The Balaban J connectivity index is 1.56. The van der Waals surface area contributed by atoms with Crippen molar-refractivity contribution in [3.63, 3.8) is 0 Å². The number of hydrogen-bond donors (Lipinski definition) is 1. The molecule has 0 aromatic heterocycles. The molecule has 0 radical (unpaired) electrons. The Morgan fingerprint density at radius 1 is 0.909 bits per heavy atom. The fraction of sp³-hybridized carbons (Fsp3) is 0.208. The van der Waals surface area contributed by atoms with Gasteiger partial charge >= 0.3 is 0 Å². The summed E-state index contributed by atoms with van der Waals surface area (Å²) in [6, 6.07) is 14.7. The predicted molar refractivity (Wildman–Crippen MR) is 117 cm³/mol. The molecule has 1 saturated carbocycles. The Bertz CT molecular complexity index is 1170. The van der Waals surface area contributed by atoms with E-state index >= 15 is 0 Å². The Hall–Kier alpha value is -2.91. The largest absolute Gasteiger partial charge is 0.326 e. The smallest absolute Gasteiger partial charge is 0.221 e. The van der Waals surface area contributed by atoms with Crippen LogP contribution in [0.1, 0.15) is 25.3 Å². The van der Waals surface area contributed by atoms with Crippen molar-refractivity contribution in [1.82, 2.24) is 4.31 Å². The molecule has 3 nitrogen and oxygen atoms in total. The third-order valence-electron chi connectivity index (χ3n) is 5.17. The standard InChI is InChI=1S/C24H19F5N2OS/c1-13(32)30-18-5-3-2-4-17(18)15-8-6-14(7-9-15)12-31(16-10-11-16)33-24-22(28)20(26)19(25)21(27)23(24)29/h2-9,16H,10-12H2,1H3,(H,30,32). The number of nitrogens with zero attached hydrogens (tertiary/aromatic N) is 1. The van der Waals surface area contributed by atoms with Gasteiger partial charge in [0.2, 0.25) is 11.7 Å². The third kappa shape index (κ3) is 5.04. The second kappa shape index (κ2) is 9.52. The first-order valence-corrected chi connectivity index (χ1v) is 11.0. The predicted octanol–water partition coefficient (Wildman–Crippen LogP) is 6.68. The molecule has 4 rings (SSSR count). The summed E-state index contributed by atoms with van der Waals surface area (Å²) in [6.07, 6.45) is 1.54. The Labute approximate surface area is 191 Å². The molecule has 1 amide bonds. The summed E-state index contributed by atoms with van der Waals surface area (Å²) >= 11 is 0.543. The number of para-hydroxylation sites is 1. The summed E-state index contributed by atoms with van der Waals surface area (Å²) in [6.45, 7) is 1.68. The monoisotopic (exact) mass is 478 g/mol. The molecule has 3 aromatic carbocycles. The summed E-state index contributed by atoms with van der Waals surface area (Å²) < 4.78 is 70.5. The number of halogens is 5. The van der Waals surface area contributed by atoms with Crippen molar-refractivity contribution in [2.45, 2.75) is 37.2 Å². The summed E-state index contributed by atoms with van der Waals surface area (Å²) in [7, 11) is 0. The van der Waals surface area contributed by atoms with Gasteiger partial charge in [0.25, 0.3) is 0 Å². The molecule has 0 atom stereocenters. The van der Waals surface area contributed by atoms with E-state index in [4.69, 9.17) is 0 Å². The van der Waals surface area contributed by atoms with Gasteiger partial charge < -0.3 is 5.32 Å². The molecule has 1 aliphatic rings. The molecule has 1 aliphatic carbocycles. The van der Waals surface area contributed by atoms with Crippen LogP contribution in [0.15, 0.2) is 53.4 Å². The van der Waals surface area contributed by atoms with Crippen LogP contribution in [0.3, 0.4) is 0 Å².